The number of hydrogen-bond donors (Lipinski definition) is 1. The lowest BCUT2D eigenvalue weighted by Gasteiger charge is -2.28. The van der Waals surface area contributed by atoms with Crippen LogP contribution >= 0.6 is 27.5 Å². The first-order valence-corrected chi connectivity index (χ1v) is 13.6. The molecule has 3 aromatic carbocycles. The van der Waals surface area contributed by atoms with Gasteiger partial charge < -0.3 is 10.0 Å². The van der Waals surface area contributed by atoms with Crippen LogP contribution in [-0.4, -0.2) is 48.1 Å². The van der Waals surface area contributed by atoms with Crippen LogP contribution < -0.4 is 0 Å². The molecule has 34 heavy (non-hydrogen) atoms. The largest absolute Gasteiger partial charge is 0.480 e. The highest BCUT2D eigenvalue weighted by molar-refractivity contribution is 9.10. The van der Waals surface area contributed by atoms with Crippen LogP contribution in [0.4, 0.5) is 0 Å². The highest BCUT2D eigenvalue weighted by atomic mass is 79.9. The van der Waals surface area contributed by atoms with Crippen molar-refractivity contribution in [3.8, 4) is 0 Å². The van der Waals surface area contributed by atoms with Gasteiger partial charge in [-0.3, -0.25) is 4.79 Å². The van der Waals surface area contributed by atoms with E-state index in [1.54, 1.807) is 12.1 Å². The molecule has 1 heterocycles. The molecule has 176 valence electrons. The number of carboxylic acid groups (broad SMARTS) is 1. The number of likely N-dealkylation sites (tertiary alicyclic amines) is 1. The Bertz CT molecular complexity index is 1440. The van der Waals surface area contributed by atoms with E-state index < -0.39 is 32.5 Å². The number of benzene rings is 3. The first kappa shape index (κ1) is 23.3. The Hall–Kier alpha value is -2.42. The van der Waals surface area contributed by atoms with Crippen molar-refractivity contribution in [1.82, 2.24) is 4.90 Å². The van der Waals surface area contributed by atoms with Crippen molar-refractivity contribution in [2.75, 3.05) is 6.54 Å². The number of amides is 1. The van der Waals surface area contributed by atoms with Gasteiger partial charge in [0.25, 0.3) is 0 Å². The van der Waals surface area contributed by atoms with Crippen LogP contribution in [0, 0.1) is 0 Å². The molecule has 0 unspecified atom stereocenters. The molecule has 9 heteroatoms. The molecular weight excluding hydrogens is 542 g/mol. The Morgan fingerprint density at radius 3 is 2.29 bits per heavy atom. The van der Waals surface area contributed by atoms with Crippen LogP contribution in [0.2, 0.25) is 5.02 Å². The highest BCUT2D eigenvalue weighted by Gasteiger charge is 2.57. The minimum Gasteiger partial charge on any atom is -0.480 e. The Morgan fingerprint density at radius 1 is 1.00 bits per heavy atom. The van der Waals surface area contributed by atoms with E-state index in [4.69, 9.17) is 11.6 Å². The molecule has 1 aliphatic heterocycles. The fourth-order valence-corrected chi connectivity index (χ4v) is 7.71. The summed E-state index contributed by atoms with van der Waals surface area (Å²) in [4.78, 5) is 27.2. The van der Waals surface area contributed by atoms with Gasteiger partial charge in [0.1, 0.15) is 6.04 Å². The Labute approximate surface area is 210 Å². The molecule has 0 bridgehead atoms. The monoisotopic (exact) mass is 561 g/mol. The minimum absolute atomic E-state index is 0.0415. The highest BCUT2D eigenvalue weighted by Crippen LogP contribution is 2.53. The van der Waals surface area contributed by atoms with Crippen LogP contribution in [0.15, 0.2) is 70.0 Å². The Morgan fingerprint density at radius 2 is 1.65 bits per heavy atom. The molecule has 1 aliphatic carbocycles. The van der Waals surface area contributed by atoms with E-state index in [0.29, 0.717) is 12.8 Å². The number of carboxylic acids is 1. The number of carbonyl (C=O) groups is 2. The van der Waals surface area contributed by atoms with E-state index in [2.05, 4.69) is 15.9 Å². The molecule has 1 saturated carbocycles. The number of fused-ring (bicyclic) bond motifs is 1. The van der Waals surface area contributed by atoms with Gasteiger partial charge in [-0.25, -0.2) is 13.2 Å². The fraction of sp³-hybridized carbons (Fsp3) is 0.280. The predicted molar refractivity (Wildman–Crippen MR) is 133 cm³/mol. The van der Waals surface area contributed by atoms with Gasteiger partial charge in [0.2, 0.25) is 5.91 Å². The number of hydrogen-bond acceptors (Lipinski definition) is 4. The van der Waals surface area contributed by atoms with Crippen LogP contribution in [0.1, 0.15) is 24.8 Å². The Kier molecular flexibility index (Phi) is 5.73. The molecule has 1 saturated heterocycles. The summed E-state index contributed by atoms with van der Waals surface area (Å²) in [5.41, 5.74) is -0.00492. The minimum atomic E-state index is -3.93. The van der Waals surface area contributed by atoms with Crippen molar-refractivity contribution in [3.63, 3.8) is 0 Å². The standard InChI is InChI=1S/C25H21BrClNO5S/c26-19-10-9-18(16-5-1-2-6-17(16)19)25(11-12-25)24(31)28-14-15(13-21(28)23(29)30)34(32,33)22-8-4-3-7-20(22)27/h1-10,15,21H,11-14H2,(H,29,30)/t15-,21+/m1/s1. The first-order chi connectivity index (χ1) is 16.2. The van der Waals surface area contributed by atoms with Crippen LogP contribution in [0.5, 0.6) is 0 Å². The normalized spacial score (nSPS) is 21.5. The van der Waals surface area contributed by atoms with Gasteiger partial charge in [0, 0.05) is 11.0 Å². The van der Waals surface area contributed by atoms with Crippen molar-refractivity contribution < 1.29 is 23.1 Å². The van der Waals surface area contributed by atoms with E-state index >= 15 is 0 Å². The van der Waals surface area contributed by atoms with Gasteiger partial charge in [-0.05, 0) is 53.8 Å². The second-order valence-corrected chi connectivity index (χ2v) is 12.3. The van der Waals surface area contributed by atoms with Crippen LogP contribution in [0.3, 0.4) is 0 Å². The second kappa shape index (κ2) is 8.36. The van der Waals surface area contributed by atoms with Gasteiger partial charge in [-0.1, -0.05) is 70.0 Å². The average molecular weight is 563 g/mol. The molecule has 3 aromatic rings. The molecular formula is C25H21BrClNO5S. The zero-order valence-electron chi connectivity index (χ0n) is 17.9. The van der Waals surface area contributed by atoms with E-state index in [0.717, 1.165) is 20.8 Å². The third kappa shape index (κ3) is 3.63. The summed E-state index contributed by atoms with van der Waals surface area (Å²) in [6.07, 6.45) is 0.996. The number of aliphatic carboxylic acids is 1. The number of sulfone groups is 1. The summed E-state index contributed by atoms with van der Waals surface area (Å²) < 4.78 is 27.5. The number of nitrogens with zero attached hydrogens (tertiary/aromatic N) is 1. The maximum absolute atomic E-state index is 13.9. The molecule has 2 fully saturated rings. The van der Waals surface area contributed by atoms with Crippen molar-refractivity contribution in [1.29, 1.82) is 0 Å². The number of rotatable bonds is 5. The first-order valence-electron chi connectivity index (χ1n) is 10.9. The summed E-state index contributed by atoms with van der Waals surface area (Å²) >= 11 is 9.69. The lowest BCUT2D eigenvalue weighted by molar-refractivity contribution is -0.149. The molecule has 5 rings (SSSR count). The molecule has 2 atom stereocenters. The summed E-state index contributed by atoms with van der Waals surface area (Å²) in [7, 11) is -3.93. The molecule has 0 radical (unpaired) electrons. The Balaban J connectivity index is 1.52. The van der Waals surface area contributed by atoms with Gasteiger partial charge in [-0.15, -0.1) is 0 Å². The van der Waals surface area contributed by atoms with Crippen molar-refractivity contribution in [2.24, 2.45) is 0 Å². The lowest BCUT2D eigenvalue weighted by Crippen LogP contribution is -2.46. The third-order valence-corrected chi connectivity index (χ3v) is 10.3. The van der Waals surface area contributed by atoms with Gasteiger partial charge in [0.05, 0.1) is 20.6 Å². The van der Waals surface area contributed by atoms with Gasteiger partial charge in [0.15, 0.2) is 9.84 Å². The van der Waals surface area contributed by atoms with Gasteiger partial charge in [-0.2, -0.15) is 0 Å². The lowest BCUT2D eigenvalue weighted by atomic mass is 9.89. The van der Waals surface area contributed by atoms with Crippen molar-refractivity contribution in [2.45, 2.75) is 40.9 Å². The number of carbonyl (C=O) groups excluding carboxylic acids is 1. The van der Waals surface area contributed by atoms with E-state index in [-0.39, 0.29) is 28.8 Å². The SMILES string of the molecule is O=C(O)[C@@H]1C[C@@H](S(=O)(=O)c2ccccc2Cl)CN1C(=O)C1(c2ccc(Br)c3ccccc23)CC1. The van der Waals surface area contributed by atoms with Crippen molar-refractivity contribution >= 4 is 60.0 Å². The molecule has 2 aliphatic rings. The zero-order valence-corrected chi connectivity index (χ0v) is 21.1. The summed E-state index contributed by atoms with van der Waals surface area (Å²) in [5.74, 6) is -1.54. The average Bonchev–Trinajstić information content (AvgIpc) is 3.48. The third-order valence-electron chi connectivity index (χ3n) is 6.94. The second-order valence-electron chi connectivity index (χ2n) is 8.87. The van der Waals surface area contributed by atoms with E-state index in [9.17, 15) is 23.1 Å². The number of halogens is 2. The zero-order chi connectivity index (χ0) is 24.3. The quantitative estimate of drug-likeness (QED) is 0.482. The maximum Gasteiger partial charge on any atom is 0.326 e. The summed E-state index contributed by atoms with van der Waals surface area (Å²) in [6.45, 7) is -0.181. The smallest absolute Gasteiger partial charge is 0.326 e. The van der Waals surface area contributed by atoms with Crippen LogP contribution in [0.25, 0.3) is 10.8 Å². The molecule has 0 spiro atoms. The molecule has 1 N–H and O–H groups in total. The molecule has 1 amide bonds. The van der Waals surface area contributed by atoms with Gasteiger partial charge >= 0.3 is 5.97 Å². The van der Waals surface area contributed by atoms with E-state index in [1.165, 1.54) is 17.0 Å². The predicted octanol–water partition coefficient (Wildman–Crippen LogP) is 4.82. The maximum atomic E-state index is 13.9. The van der Waals surface area contributed by atoms with Crippen molar-refractivity contribution in [3.05, 3.63) is 75.7 Å². The topological polar surface area (TPSA) is 91.8 Å². The van der Waals surface area contributed by atoms with E-state index in [1.807, 2.05) is 36.4 Å². The van der Waals surface area contributed by atoms with Crippen LogP contribution in [-0.2, 0) is 24.8 Å². The molecule has 0 aromatic heterocycles. The summed E-state index contributed by atoms with van der Waals surface area (Å²) in [5, 5.41) is 10.8. The molecule has 6 nitrogen and oxygen atoms in total. The summed E-state index contributed by atoms with van der Waals surface area (Å²) in [6, 6.07) is 16.4. The fourth-order valence-electron chi connectivity index (χ4n) is 5.01.